The van der Waals surface area contributed by atoms with Gasteiger partial charge < -0.3 is 15.0 Å². The molecule has 1 atom stereocenters. The molecule has 0 aromatic carbocycles. The minimum Gasteiger partial charge on any atom is -0.381 e. The van der Waals surface area contributed by atoms with Crippen molar-refractivity contribution in [2.24, 2.45) is 5.41 Å². The van der Waals surface area contributed by atoms with Crippen LogP contribution in [-0.4, -0.2) is 70.3 Å². The Morgan fingerprint density at radius 2 is 2.05 bits per heavy atom. The van der Waals surface area contributed by atoms with Gasteiger partial charge in [0.1, 0.15) is 0 Å². The number of hydrogen-bond acceptors (Lipinski definition) is 5. The molecule has 1 unspecified atom stereocenters. The van der Waals surface area contributed by atoms with Crippen LogP contribution in [0.25, 0.3) is 0 Å². The van der Waals surface area contributed by atoms with E-state index < -0.39 is 9.84 Å². The molecular formula is C15H30N2O3S. The second-order valence-electron chi connectivity index (χ2n) is 6.97. The molecule has 0 amide bonds. The predicted octanol–water partition coefficient (Wildman–Crippen LogP) is 0.902. The Kier molecular flexibility index (Phi) is 6.05. The first-order valence-corrected chi connectivity index (χ1v) is 9.97. The van der Waals surface area contributed by atoms with Gasteiger partial charge in [-0.3, -0.25) is 0 Å². The molecule has 21 heavy (non-hydrogen) atoms. The summed E-state index contributed by atoms with van der Waals surface area (Å²) in [5.74, 6) is 0.652. The maximum absolute atomic E-state index is 11.7. The van der Waals surface area contributed by atoms with Crippen molar-refractivity contribution in [2.45, 2.75) is 39.2 Å². The van der Waals surface area contributed by atoms with Gasteiger partial charge in [-0.2, -0.15) is 0 Å². The second-order valence-corrected chi connectivity index (χ2v) is 9.28. The lowest BCUT2D eigenvalue weighted by molar-refractivity contribution is -0.0260. The zero-order valence-corrected chi connectivity index (χ0v) is 14.3. The van der Waals surface area contributed by atoms with Crippen molar-refractivity contribution in [3.63, 3.8) is 0 Å². The first-order chi connectivity index (χ1) is 9.91. The molecule has 2 aliphatic rings. The SMILES string of the molecule is CC(C)NCC1(CN2CCCS(=O)(=O)CC2)CCCOC1. The molecule has 2 saturated heterocycles. The fraction of sp³-hybridized carbons (Fsp3) is 1.00. The van der Waals surface area contributed by atoms with E-state index in [0.29, 0.717) is 24.1 Å². The summed E-state index contributed by atoms with van der Waals surface area (Å²) >= 11 is 0. The number of sulfone groups is 1. The van der Waals surface area contributed by atoms with E-state index in [0.717, 1.165) is 52.1 Å². The highest BCUT2D eigenvalue weighted by molar-refractivity contribution is 7.91. The standard InChI is InChI=1S/C15H30N2O3S/c1-14(2)16-11-15(5-3-8-20-13-15)12-17-6-4-9-21(18,19)10-7-17/h14,16H,3-13H2,1-2H3. The first-order valence-electron chi connectivity index (χ1n) is 8.15. The summed E-state index contributed by atoms with van der Waals surface area (Å²) in [6, 6.07) is 0.466. The molecule has 0 aliphatic carbocycles. The van der Waals surface area contributed by atoms with Crippen LogP contribution in [0.4, 0.5) is 0 Å². The third-order valence-electron chi connectivity index (χ3n) is 4.50. The number of nitrogens with one attached hydrogen (secondary N) is 1. The molecule has 0 bridgehead atoms. The summed E-state index contributed by atoms with van der Waals surface area (Å²) < 4.78 is 29.2. The van der Waals surface area contributed by atoms with Crippen LogP contribution >= 0.6 is 0 Å². The Morgan fingerprint density at radius 1 is 1.24 bits per heavy atom. The van der Waals surface area contributed by atoms with E-state index in [2.05, 4.69) is 24.1 Å². The molecule has 2 rings (SSSR count). The Morgan fingerprint density at radius 3 is 2.71 bits per heavy atom. The third kappa shape index (κ3) is 5.51. The quantitative estimate of drug-likeness (QED) is 0.816. The maximum atomic E-state index is 11.7. The number of hydrogen-bond donors (Lipinski definition) is 1. The van der Waals surface area contributed by atoms with Crippen molar-refractivity contribution in [2.75, 3.05) is 50.9 Å². The van der Waals surface area contributed by atoms with Crippen molar-refractivity contribution >= 4 is 9.84 Å². The van der Waals surface area contributed by atoms with Crippen LogP contribution in [0.3, 0.4) is 0 Å². The van der Waals surface area contributed by atoms with E-state index in [1.165, 1.54) is 0 Å². The lowest BCUT2D eigenvalue weighted by atomic mass is 9.81. The van der Waals surface area contributed by atoms with Gasteiger partial charge in [0.2, 0.25) is 0 Å². The molecule has 2 fully saturated rings. The van der Waals surface area contributed by atoms with E-state index in [9.17, 15) is 8.42 Å². The molecule has 1 N–H and O–H groups in total. The van der Waals surface area contributed by atoms with E-state index in [1.54, 1.807) is 0 Å². The molecule has 124 valence electrons. The lowest BCUT2D eigenvalue weighted by Gasteiger charge is -2.41. The van der Waals surface area contributed by atoms with Gasteiger partial charge in [-0.05, 0) is 25.8 Å². The molecule has 0 saturated carbocycles. The van der Waals surface area contributed by atoms with Crippen LogP contribution in [0, 0.1) is 5.41 Å². The molecule has 5 nitrogen and oxygen atoms in total. The molecule has 6 heteroatoms. The second kappa shape index (κ2) is 7.40. The average Bonchev–Trinajstić information content (AvgIpc) is 2.59. The molecule has 0 radical (unpaired) electrons. The van der Waals surface area contributed by atoms with Crippen LogP contribution in [0.15, 0.2) is 0 Å². The highest BCUT2D eigenvalue weighted by Crippen LogP contribution is 2.30. The van der Waals surface area contributed by atoms with Crippen LogP contribution in [-0.2, 0) is 14.6 Å². The highest BCUT2D eigenvalue weighted by atomic mass is 32.2. The van der Waals surface area contributed by atoms with Gasteiger partial charge in [0.15, 0.2) is 9.84 Å². The summed E-state index contributed by atoms with van der Waals surface area (Å²) in [4.78, 5) is 2.33. The first kappa shape index (κ1) is 17.2. The van der Waals surface area contributed by atoms with E-state index in [4.69, 9.17) is 4.74 Å². The Hall–Kier alpha value is -0.170. The van der Waals surface area contributed by atoms with Crippen molar-refractivity contribution in [3.05, 3.63) is 0 Å². The van der Waals surface area contributed by atoms with E-state index in [-0.39, 0.29) is 5.41 Å². The van der Waals surface area contributed by atoms with Crippen molar-refractivity contribution in [1.29, 1.82) is 0 Å². The van der Waals surface area contributed by atoms with Crippen LogP contribution < -0.4 is 5.32 Å². The van der Waals surface area contributed by atoms with Gasteiger partial charge >= 0.3 is 0 Å². The number of ether oxygens (including phenoxy) is 1. The van der Waals surface area contributed by atoms with Gasteiger partial charge in [-0.1, -0.05) is 13.8 Å². The van der Waals surface area contributed by atoms with E-state index in [1.807, 2.05) is 0 Å². The van der Waals surface area contributed by atoms with Gasteiger partial charge in [0.25, 0.3) is 0 Å². The van der Waals surface area contributed by atoms with Crippen molar-refractivity contribution in [3.8, 4) is 0 Å². The minimum absolute atomic E-state index is 0.136. The normalized spacial score (nSPS) is 31.2. The molecule has 0 aromatic heterocycles. The Labute approximate surface area is 129 Å². The van der Waals surface area contributed by atoms with Gasteiger partial charge in [0.05, 0.1) is 18.1 Å². The summed E-state index contributed by atoms with van der Waals surface area (Å²) in [6.07, 6.45) is 3.03. The topological polar surface area (TPSA) is 58.6 Å². The summed E-state index contributed by atoms with van der Waals surface area (Å²) in [5.41, 5.74) is 0.136. The molecular weight excluding hydrogens is 288 g/mol. The van der Waals surface area contributed by atoms with E-state index >= 15 is 0 Å². The van der Waals surface area contributed by atoms with Crippen LogP contribution in [0.5, 0.6) is 0 Å². The highest BCUT2D eigenvalue weighted by Gasteiger charge is 2.35. The summed E-state index contributed by atoms with van der Waals surface area (Å²) in [6.45, 7) is 9.43. The molecule has 0 aromatic rings. The van der Waals surface area contributed by atoms with Crippen molar-refractivity contribution < 1.29 is 13.2 Å². The fourth-order valence-corrected chi connectivity index (χ4v) is 4.58. The number of rotatable bonds is 5. The van der Waals surface area contributed by atoms with Crippen LogP contribution in [0.1, 0.15) is 33.1 Å². The van der Waals surface area contributed by atoms with Gasteiger partial charge in [0, 0.05) is 37.7 Å². The smallest absolute Gasteiger partial charge is 0.151 e. The Bertz CT molecular complexity index is 417. The zero-order chi connectivity index (χ0) is 15.3. The summed E-state index contributed by atoms with van der Waals surface area (Å²) in [7, 11) is -2.83. The summed E-state index contributed by atoms with van der Waals surface area (Å²) in [5, 5.41) is 3.55. The third-order valence-corrected chi connectivity index (χ3v) is 6.21. The predicted molar refractivity (Wildman–Crippen MR) is 85.3 cm³/mol. The maximum Gasteiger partial charge on any atom is 0.151 e. The minimum atomic E-state index is -2.83. The molecule has 2 aliphatic heterocycles. The zero-order valence-electron chi connectivity index (χ0n) is 13.4. The molecule has 0 spiro atoms. The fourth-order valence-electron chi connectivity index (χ4n) is 3.27. The average molecular weight is 318 g/mol. The van der Waals surface area contributed by atoms with Gasteiger partial charge in [-0.15, -0.1) is 0 Å². The lowest BCUT2D eigenvalue weighted by Crippen LogP contribution is -2.50. The Balaban J connectivity index is 1.97. The molecule has 2 heterocycles. The number of nitrogens with zero attached hydrogens (tertiary/aromatic N) is 1. The largest absolute Gasteiger partial charge is 0.381 e. The monoisotopic (exact) mass is 318 g/mol. The van der Waals surface area contributed by atoms with Crippen LogP contribution in [0.2, 0.25) is 0 Å². The van der Waals surface area contributed by atoms with Gasteiger partial charge in [-0.25, -0.2) is 8.42 Å². The van der Waals surface area contributed by atoms with Crippen molar-refractivity contribution in [1.82, 2.24) is 10.2 Å².